The quantitative estimate of drug-likeness (QED) is 0.916. The van der Waals surface area contributed by atoms with E-state index >= 15 is 0 Å². The van der Waals surface area contributed by atoms with Gasteiger partial charge in [-0.1, -0.05) is 19.9 Å². The van der Waals surface area contributed by atoms with Gasteiger partial charge in [0.25, 0.3) is 10.0 Å². The molecule has 4 nitrogen and oxygen atoms in total. The maximum atomic E-state index is 12.4. The van der Waals surface area contributed by atoms with Crippen LogP contribution in [0.4, 0.5) is 0 Å². The molecule has 0 amide bonds. The molecule has 0 saturated heterocycles. The largest absolute Gasteiger partial charge is 0.250 e. The monoisotopic (exact) mass is 326 g/mol. The number of nitriles is 1. The Morgan fingerprint density at radius 1 is 1.30 bits per heavy atom. The number of rotatable bonds is 5. The summed E-state index contributed by atoms with van der Waals surface area (Å²) in [6.07, 6.45) is 0. The molecule has 0 fully saturated rings. The van der Waals surface area contributed by atoms with Crippen LogP contribution in [-0.2, 0) is 10.0 Å². The summed E-state index contributed by atoms with van der Waals surface area (Å²) >= 11 is 2.51. The molecule has 20 heavy (non-hydrogen) atoms. The molecule has 0 aliphatic carbocycles. The molecule has 2 rings (SSSR count). The highest BCUT2D eigenvalue weighted by Gasteiger charge is 2.25. The van der Waals surface area contributed by atoms with E-state index in [0.717, 1.165) is 16.2 Å². The van der Waals surface area contributed by atoms with E-state index in [2.05, 4.69) is 4.72 Å². The molecule has 106 valence electrons. The van der Waals surface area contributed by atoms with Crippen LogP contribution in [0, 0.1) is 17.2 Å². The predicted molar refractivity (Wildman–Crippen MR) is 81.3 cm³/mol. The lowest BCUT2D eigenvalue weighted by Gasteiger charge is -2.20. The highest BCUT2D eigenvalue weighted by Crippen LogP contribution is 2.29. The number of thiophene rings is 2. The Balaban J connectivity index is 2.28. The van der Waals surface area contributed by atoms with Crippen LogP contribution in [0.3, 0.4) is 0 Å². The van der Waals surface area contributed by atoms with Crippen molar-refractivity contribution in [3.63, 3.8) is 0 Å². The molecule has 7 heteroatoms. The number of hydrogen-bond acceptors (Lipinski definition) is 5. The Morgan fingerprint density at radius 2 is 2.05 bits per heavy atom. The molecule has 0 aromatic carbocycles. The molecule has 0 spiro atoms. The van der Waals surface area contributed by atoms with Crippen LogP contribution >= 0.6 is 22.7 Å². The number of hydrogen-bond donors (Lipinski definition) is 1. The lowest BCUT2D eigenvalue weighted by atomic mass is 10.0. The summed E-state index contributed by atoms with van der Waals surface area (Å²) in [4.78, 5) is 1.38. The SMILES string of the molecule is CC(C)C(NS(=O)(=O)c1ccc(C#N)s1)c1cccs1. The van der Waals surface area contributed by atoms with E-state index in [1.54, 1.807) is 0 Å². The molecule has 1 atom stereocenters. The van der Waals surface area contributed by atoms with E-state index in [9.17, 15) is 8.42 Å². The van der Waals surface area contributed by atoms with E-state index in [1.807, 2.05) is 37.4 Å². The van der Waals surface area contributed by atoms with Crippen LogP contribution in [0.2, 0.25) is 0 Å². The standard InChI is InChI=1S/C13H14N2O2S3/c1-9(2)13(11-4-3-7-18-11)15-20(16,17)12-6-5-10(8-14)19-12/h3-7,9,13,15H,1-2H3. The second-order valence-electron chi connectivity index (χ2n) is 4.59. The molecule has 0 saturated carbocycles. The van der Waals surface area contributed by atoms with Gasteiger partial charge >= 0.3 is 0 Å². The van der Waals surface area contributed by atoms with Crippen LogP contribution in [0.15, 0.2) is 33.9 Å². The van der Waals surface area contributed by atoms with Crippen molar-refractivity contribution in [3.05, 3.63) is 39.4 Å². The van der Waals surface area contributed by atoms with Crippen molar-refractivity contribution in [1.82, 2.24) is 4.72 Å². The Bertz CT molecular complexity index is 709. The molecule has 1 unspecified atom stereocenters. The fraction of sp³-hybridized carbons (Fsp3) is 0.308. The molecule has 2 heterocycles. The van der Waals surface area contributed by atoms with Crippen LogP contribution in [0.25, 0.3) is 0 Å². The number of sulfonamides is 1. The molecule has 0 aliphatic rings. The third-order valence-electron chi connectivity index (χ3n) is 2.75. The highest BCUT2D eigenvalue weighted by molar-refractivity contribution is 7.91. The Labute approximate surface area is 126 Å². The Morgan fingerprint density at radius 3 is 2.55 bits per heavy atom. The van der Waals surface area contributed by atoms with Crippen LogP contribution in [0.5, 0.6) is 0 Å². The van der Waals surface area contributed by atoms with Gasteiger partial charge in [0, 0.05) is 4.88 Å². The zero-order valence-corrected chi connectivity index (χ0v) is 13.5. The van der Waals surface area contributed by atoms with Crippen molar-refractivity contribution in [3.8, 4) is 6.07 Å². The summed E-state index contributed by atoms with van der Waals surface area (Å²) in [6, 6.07) is 8.52. The van der Waals surface area contributed by atoms with E-state index in [0.29, 0.717) is 4.88 Å². The van der Waals surface area contributed by atoms with Crippen molar-refractivity contribution in [2.75, 3.05) is 0 Å². The average molecular weight is 326 g/mol. The van der Waals surface area contributed by atoms with Crippen molar-refractivity contribution in [2.45, 2.75) is 24.1 Å². The second-order valence-corrected chi connectivity index (χ2v) is 8.59. The normalized spacial score (nSPS) is 13.3. The molecule has 0 radical (unpaired) electrons. The molecule has 2 aromatic rings. The zero-order valence-electron chi connectivity index (χ0n) is 11.0. The Hall–Kier alpha value is -1.20. The van der Waals surface area contributed by atoms with Crippen LogP contribution in [-0.4, -0.2) is 8.42 Å². The van der Waals surface area contributed by atoms with Crippen LogP contribution in [0.1, 0.15) is 29.6 Å². The predicted octanol–water partition coefficient (Wildman–Crippen LogP) is 3.36. The second kappa shape index (κ2) is 6.06. The van der Waals surface area contributed by atoms with Crippen molar-refractivity contribution in [1.29, 1.82) is 5.26 Å². The molecular formula is C13H14N2O2S3. The summed E-state index contributed by atoms with van der Waals surface area (Å²) in [5.74, 6) is 0.138. The van der Waals surface area contributed by atoms with E-state index in [4.69, 9.17) is 5.26 Å². The van der Waals surface area contributed by atoms with Gasteiger partial charge in [0.05, 0.1) is 6.04 Å². The van der Waals surface area contributed by atoms with Crippen molar-refractivity contribution < 1.29 is 8.42 Å². The fourth-order valence-corrected chi connectivity index (χ4v) is 5.25. The van der Waals surface area contributed by atoms with Gasteiger partial charge < -0.3 is 0 Å². The minimum Gasteiger partial charge on any atom is -0.206 e. The molecule has 0 bridgehead atoms. The van der Waals surface area contributed by atoms with E-state index in [1.165, 1.54) is 23.5 Å². The molecule has 0 aliphatic heterocycles. The number of nitrogens with one attached hydrogen (secondary N) is 1. The average Bonchev–Trinajstić information content (AvgIpc) is 3.06. The van der Waals surface area contributed by atoms with Gasteiger partial charge in [0.2, 0.25) is 0 Å². The molecule has 2 aromatic heterocycles. The van der Waals surface area contributed by atoms with Gasteiger partial charge in [-0.2, -0.15) is 5.26 Å². The summed E-state index contributed by atoms with van der Waals surface area (Å²) in [7, 11) is -3.60. The topological polar surface area (TPSA) is 70.0 Å². The maximum absolute atomic E-state index is 12.4. The lowest BCUT2D eigenvalue weighted by Crippen LogP contribution is -2.30. The summed E-state index contributed by atoms with van der Waals surface area (Å²) in [6.45, 7) is 3.95. The summed E-state index contributed by atoms with van der Waals surface area (Å²) < 4.78 is 27.6. The first kappa shape index (κ1) is 15.2. The summed E-state index contributed by atoms with van der Waals surface area (Å²) in [5.41, 5.74) is 0. The molecular weight excluding hydrogens is 312 g/mol. The van der Waals surface area contributed by atoms with Gasteiger partial charge in [-0.25, -0.2) is 13.1 Å². The van der Waals surface area contributed by atoms with E-state index in [-0.39, 0.29) is 16.2 Å². The first-order valence-corrected chi connectivity index (χ1v) is 9.17. The van der Waals surface area contributed by atoms with Gasteiger partial charge in [0.1, 0.15) is 15.2 Å². The van der Waals surface area contributed by atoms with E-state index < -0.39 is 10.0 Å². The van der Waals surface area contributed by atoms with Crippen LogP contribution < -0.4 is 4.72 Å². The fourth-order valence-electron chi connectivity index (χ4n) is 1.74. The third kappa shape index (κ3) is 3.27. The van der Waals surface area contributed by atoms with Crippen molar-refractivity contribution >= 4 is 32.7 Å². The maximum Gasteiger partial charge on any atom is 0.250 e. The van der Waals surface area contributed by atoms with Crippen molar-refractivity contribution in [2.24, 2.45) is 5.92 Å². The number of nitrogens with zero attached hydrogens (tertiary/aromatic N) is 1. The first-order valence-electron chi connectivity index (χ1n) is 5.99. The smallest absolute Gasteiger partial charge is 0.206 e. The highest BCUT2D eigenvalue weighted by atomic mass is 32.2. The Kier molecular flexibility index (Phi) is 4.60. The minimum absolute atomic E-state index is 0.138. The van der Waals surface area contributed by atoms with Gasteiger partial charge in [-0.05, 0) is 29.5 Å². The summed E-state index contributed by atoms with van der Waals surface area (Å²) in [5, 5.41) is 10.7. The van der Waals surface area contributed by atoms with Gasteiger partial charge in [0.15, 0.2) is 0 Å². The molecule has 1 N–H and O–H groups in total. The van der Waals surface area contributed by atoms with Gasteiger partial charge in [-0.3, -0.25) is 0 Å². The first-order chi connectivity index (χ1) is 9.44. The lowest BCUT2D eigenvalue weighted by molar-refractivity contribution is 0.469. The third-order valence-corrected chi connectivity index (χ3v) is 6.63. The minimum atomic E-state index is -3.60. The zero-order chi connectivity index (χ0) is 14.8. The van der Waals surface area contributed by atoms with Gasteiger partial charge in [-0.15, -0.1) is 22.7 Å².